The van der Waals surface area contributed by atoms with Crippen LogP contribution in [0, 0.1) is 5.41 Å². The highest BCUT2D eigenvalue weighted by Gasteiger charge is 2.41. The van der Waals surface area contributed by atoms with E-state index in [1.54, 1.807) is 47.2 Å². The van der Waals surface area contributed by atoms with Crippen molar-refractivity contribution in [2.45, 2.75) is 73.3 Å². The summed E-state index contributed by atoms with van der Waals surface area (Å²) in [7, 11) is 0. The Kier molecular flexibility index (Phi) is 10.2. The zero-order valence-corrected chi connectivity index (χ0v) is 25.4. The average Bonchev–Trinajstić information content (AvgIpc) is 3.47. The number of carboxylic acids is 1. The van der Waals surface area contributed by atoms with Crippen LogP contribution in [0.15, 0.2) is 30.5 Å². The number of benzene rings is 1. The number of ether oxygens (including phenoxy) is 1. The highest BCUT2D eigenvalue weighted by Crippen LogP contribution is 2.32. The first-order valence-electron chi connectivity index (χ1n) is 14.4. The van der Waals surface area contributed by atoms with Gasteiger partial charge in [-0.3, -0.25) is 4.79 Å². The Morgan fingerprint density at radius 1 is 1.05 bits per heavy atom. The quantitative estimate of drug-likeness (QED) is 0.369. The Morgan fingerprint density at radius 2 is 1.66 bits per heavy atom. The predicted octanol–water partition coefficient (Wildman–Crippen LogP) is 4.79. The SMILES string of the molecule is CCN(CC)c1ncc(N(CC)C(=O)C(C)(C)C)c(N[C@@](C)(Cc2ccc(OC(=O)N3CCCC3)cc2)C(O)=[OH+])n1. The first-order valence-corrected chi connectivity index (χ1v) is 14.4. The third-order valence-electron chi connectivity index (χ3n) is 7.24. The highest BCUT2D eigenvalue weighted by molar-refractivity contribution is 5.99. The number of nitrogens with zero attached hydrogens (tertiary/aromatic N) is 5. The molecule has 0 radical (unpaired) electrons. The maximum Gasteiger partial charge on any atom is 0.507 e. The van der Waals surface area contributed by atoms with E-state index in [4.69, 9.17) is 9.72 Å². The van der Waals surface area contributed by atoms with Gasteiger partial charge in [0, 0.05) is 44.6 Å². The largest absolute Gasteiger partial charge is 0.507 e. The molecule has 1 aromatic carbocycles. The first-order chi connectivity index (χ1) is 19.3. The molecule has 2 heterocycles. The zero-order chi connectivity index (χ0) is 30.4. The van der Waals surface area contributed by atoms with Crippen molar-refractivity contribution in [2.24, 2.45) is 5.41 Å². The third-order valence-corrected chi connectivity index (χ3v) is 7.24. The first kappa shape index (κ1) is 31.6. The van der Waals surface area contributed by atoms with E-state index >= 15 is 0 Å². The van der Waals surface area contributed by atoms with Gasteiger partial charge in [0.15, 0.2) is 11.4 Å². The molecule has 1 aromatic heterocycles. The van der Waals surface area contributed by atoms with Crippen LogP contribution in [-0.2, 0) is 11.2 Å². The van der Waals surface area contributed by atoms with Crippen LogP contribution >= 0.6 is 0 Å². The number of carbonyl (C=O) groups is 2. The standard InChI is InChI=1S/C30H44N6O5/c1-8-34(9-2)27-31-20-23(36(10-3)25(37)29(4,5)6)24(32-27)33-30(7,26(38)39)19-21-13-15-22(16-14-21)41-28(40)35-17-11-12-18-35/h13-16,20H,8-12,17-19H2,1-7H3,(H,38,39)(H,31,32,33)/p+1/t30-/m0/s1. The Balaban J connectivity index is 1.93. The van der Waals surface area contributed by atoms with Crippen LogP contribution in [0.3, 0.4) is 0 Å². The van der Waals surface area contributed by atoms with Crippen molar-refractivity contribution in [3.05, 3.63) is 36.0 Å². The van der Waals surface area contributed by atoms with Gasteiger partial charge in [0.2, 0.25) is 11.9 Å². The number of aliphatic carboxylic acids is 1. The molecule has 0 unspecified atom stereocenters. The topological polar surface area (TPSA) is 133 Å². The van der Waals surface area contributed by atoms with Gasteiger partial charge in [-0.2, -0.15) is 4.98 Å². The van der Waals surface area contributed by atoms with Crippen LogP contribution in [-0.4, -0.2) is 81.0 Å². The fourth-order valence-electron chi connectivity index (χ4n) is 4.73. The van der Waals surface area contributed by atoms with Gasteiger partial charge in [-0.1, -0.05) is 32.9 Å². The Morgan fingerprint density at radius 3 is 2.17 bits per heavy atom. The van der Waals surface area contributed by atoms with Crippen molar-refractivity contribution < 1.29 is 24.2 Å². The van der Waals surface area contributed by atoms with Crippen LogP contribution in [0.4, 0.5) is 22.2 Å². The number of anilines is 3. The van der Waals surface area contributed by atoms with Crippen LogP contribution < -0.4 is 19.9 Å². The number of likely N-dealkylation sites (tertiary alicyclic amines) is 1. The van der Waals surface area contributed by atoms with Gasteiger partial charge < -0.3 is 34.7 Å². The Hall–Kier alpha value is -3.89. The molecule has 1 fully saturated rings. The maximum absolute atomic E-state index is 13.4. The highest BCUT2D eigenvalue weighted by atomic mass is 16.6. The third kappa shape index (κ3) is 7.65. The molecule has 11 heteroatoms. The lowest BCUT2D eigenvalue weighted by Gasteiger charge is -2.32. The molecular weight excluding hydrogens is 524 g/mol. The molecule has 2 amide bonds. The molecule has 0 spiro atoms. The summed E-state index contributed by atoms with van der Waals surface area (Å²) in [6.45, 7) is 16.2. The molecule has 1 aliphatic rings. The summed E-state index contributed by atoms with van der Waals surface area (Å²) in [5.41, 5.74) is -0.819. The summed E-state index contributed by atoms with van der Waals surface area (Å²) in [6.07, 6.45) is 3.36. The second-order valence-corrected chi connectivity index (χ2v) is 11.5. The number of hydrogen-bond donors (Lipinski definition) is 2. The number of hydrogen-bond acceptors (Lipinski definition) is 7. The molecule has 224 valence electrons. The van der Waals surface area contributed by atoms with Gasteiger partial charge in [-0.25, -0.2) is 9.78 Å². The summed E-state index contributed by atoms with van der Waals surface area (Å²) >= 11 is 0. The van der Waals surface area contributed by atoms with E-state index in [9.17, 15) is 19.5 Å². The Labute approximate surface area is 242 Å². The Bertz CT molecular complexity index is 1220. The van der Waals surface area contributed by atoms with Crippen molar-refractivity contribution in [1.29, 1.82) is 0 Å². The lowest BCUT2D eigenvalue weighted by atomic mass is 9.92. The number of nitrogens with one attached hydrogen (secondary N) is 1. The van der Waals surface area contributed by atoms with Crippen LogP contribution in [0.2, 0.25) is 0 Å². The molecule has 0 saturated carbocycles. The van der Waals surface area contributed by atoms with Gasteiger partial charge in [0.1, 0.15) is 11.4 Å². The van der Waals surface area contributed by atoms with E-state index in [1.807, 2.05) is 46.4 Å². The van der Waals surface area contributed by atoms with E-state index < -0.39 is 16.9 Å². The number of aromatic nitrogens is 2. The van der Waals surface area contributed by atoms with Gasteiger partial charge in [0.05, 0.1) is 6.20 Å². The van der Waals surface area contributed by atoms with E-state index in [1.165, 1.54) is 0 Å². The maximum atomic E-state index is 13.4. The fourth-order valence-corrected chi connectivity index (χ4v) is 4.73. The number of aliphatic hydroxyl groups excluding tert-OH is 1. The van der Waals surface area contributed by atoms with Gasteiger partial charge >= 0.3 is 12.1 Å². The normalized spacial score (nSPS) is 14.8. The summed E-state index contributed by atoms with van der Waals surface area (Å²) in [6, 6.07) is 6.93. The monoisotopic (exact) mass is 569 g/mol. The minimum atomic E-state index is -1.37. The molecule has 3 N–H and O–H groups in total. The lowest BCUT2D eigenvalue weighted by molar-refractivity contribution is -0.125. The van der Waals surface area contributed by atoms with Crippen LogP contribution in [0.5, 0.6) is 5.75 Å². The zero-order valence-electron chi connectivity index (χ0n) is 25.4. The molecule has 0 aliphatic carbocycles. The molecular formula is C30H45N6O5+. The van der Waals surface area contributed by atoms with Gasteiger partial charge in [-0.15, -0.1) is 0 Å². The van der Waals surface area contributed by atoms with E-state index in [0.717, 1.165) is 18.4 Å². The summed E-state index contributed by atoms with van der Waals surface area (Å²) in [5.74, 6) is 0.241. The number of amides is 2. The molecule has 0 bridgehead atoms. The summed E-state index contributed by atoms with van der Waals surface area (Å²) < 4.78 is 5.50. The predicted molar refractivity (Wildman–Crippen MR) is 162 cm³/mol. The molecule has 41 heavy (non-hydrogen) atoms. The van der Waals surface area contributed by atoms with E-state index in [0.29, 0.717) is 55.9 Å². The molecule has 2 aromatic rings. The van der Waals surface area contributed by atoms with Crippen molar-refractivity contribution in [2.75, 3.05) is 47.8 Å². The average molecular weight is 570 g/mol. The second-order valence-electron chi connectivity index (χ2n) is 11.5. The summed E-state index contributed by atoms with van der Waals surface area (Å²) in [5, 5.41) is 13.7. The van der Waals surface area contributed by atoms with Crippen LogP contribution in [0.1, 0.15) is 66.9 Å². The summed E-state index contributed by atoms with van der Waals surface area (Å²) in [4.78, 5) is 50.7. The molecule has 3 rings (SSSR count). The van der Waals surface area contributed by atoms with Crippen molar-refractivity contribution in [3.63, 3.8) is 0 Å². The second kappa shape index (κ2) is 13.2. The molecule has 1 aliphatic heterocycles. The number of carboxylic acid groups (broad SMARTS) is 1. The minimum Gasteiger partial charge on any atom is -0.410 e. The van der Waals surface area contributed by atoms with Gasteiger partial charge in [0.25, 0.3) is 0 Å². The molecule has 11 nitrogen and oxygen atoms in total. The van der Waals surface area contributed by atoms with Crippen molar-refractivity contribution >= 4 is 35.4 Å². The fraction of sp³-hybridized carbons (Fsp3) is 0.567. The van der Waals surface area contributed by atoms with Gasteiger partial charge in [-0.05, 0) is 58.2 Å². The number of carbonyl (C=O) groups excluding carboxylic acids is 2. The lowest BCUT2D eigenvalue weighted by Crippen LogP contribution is -2.47. The van der Waals surface area contributed by atoms with E-state index in [-0.39, 0.29) is 18.4 Å². The minimum absolute atomic E-state index is 0.111. The molecule has 1 saturated heterocycles. The van der Waals surface area contributed by atoms with Crippen LogP contribution in [0.25, 0.3) is 0 Å². The van der Waals surface area contributed by atoms with Crippen molar-refractivity contribution in [1.82, 2.24) is 14.9 Å². The van der Waals surface area contributed by atoms with Crippen molar-refractivity contribution in [3.8, 4) is 5.75 Å². The molecule has 1 atom stereocenters. The smallest absolute Gasteiger partial charge is 0.410 e. The number of rotatable bonds is 11. The van der Waals surface area contributed by atoms with E-state index in [2.05, 4.69) is 10.3 Å².